The molecule has 0 unspecified atom stereocenters. The van der Waals surface area contributed by atoms with E-state index in [1.807, 2.05) is 0 Å². The SMILES string of the molecule is COc1c(OC)c(O)c2c(=O)c(OC)c(-c3ccc(O)c(C=O)c3)oc2c1OC. The lowest BCUT2D eigenvalue weighted by Crippen LogP contribution is -2.09. The van der Waals surface area contributed by atoms with Crippen LogP contribution in [0.1, 0.15) is 10.4 Å². The number of hydrogen-bond acceptors (Lipinski definition) is 9. The molecule has 2 N–H and O–H groups in total. The fraction of sp³-hybridized carbons (Fsp3) is 0.200. The van der Waals surface area contributed by atoms with Gasteiger partial charge < -0.3 is 33.6 Å². The van der Waals surface area contributed by atoms with Gasteiger partial charge in [-0.3, -0.25) is 9.59 Å². The van der Waals surface area contributed by atoms with Gasteiger partial charge in [-0.1, -0.05) is 0 Å². The van der Waals surface area contributed by atoms with Gasteiger partial charge in [0.05, 0.1) is 34.0 Å². The van der Waals surface area contributed by atoms with Gasteiger partial charge in [0.15, 0.2) is 23.4 Å². The molecule has 0 radical (unpaired) electrons. The van der Waals surface area contributed by atoms with E-state index in [2.05, 4.69) is 0 Å². The summed E-state index contributed by atoms with van der Waals surface area (Å²) in [5.74, 6) is -1.04. The Morgan fingerprint density at radius 2 is 1.52 bits per heavy atom. The van der Waals surface area contributed by atoms with Crippen molar-refractivity contribution < 1.29 is 38.4 Å². The predicted octanol–water partition coefficient (Wildman–Crippen LogP) is 2.72. The number of aromatic hydroxyl groups is 2. The fourth-order valence-electron chi connectivity index (χ4n) is 3.05. The van der Waals surface area contributed by atoms with Crippen LogP contribution in [0.15, 0.2) is 27.4 Å². The first-order valence-electron chi connectivity index (χ1n) is 8.27. The Hall–Kier alpha value is -3.88. The lowest BCUT2D eigenvalue weighted by Gasteiger charge is -2.17. The summed E-state index contributed by atoms with van der Waals surface area (Å²) in [6.07, 6.45) is 0.463. The first kappa shape index (κ1) is 19.9. The van der Waals surface area contributed by atoms with Crippen molar-refractivity contribution in [3.8, 4) is 45.8 Å². The van der Waals surface area contributed by atoms with Gasteiger partial charge in [-0.15, -0.1) is 0 Å². The number of methoxy groups -OCH3 is 4. The highest BCUT2D eigenvalue weighted by Crippen LogP contribution is 2.50. The number of rotatable bonds is 6. The van der Waals surface area contributed by atoms with Crippen LogP contribution in [0.25, 0.3) is 22.3 Å². The molecule has 0 fully saturated rings. The normalized spacial score (nSPS) is 10.6. The van der Waals surface area contributed by atoms with Gasteiger partial charge in [0, 0.05) is 5.56 Å². The van der Waals surface area contributed by atoms with Crippen LogP contribution in [0.2, 0.25) is 0 Å². The van der Waals surface area contributed by atoms with Crippen LogP contribution in [0.5, 0.6) is 34.5 Å². The molecule has 9 heteroatoms. The lowest BCUT2D eigenvalue weighted by molar-refractivity contribution is 0.112. The Bertz CT molecular complexity index is 1160. The minimum absolute atomic E-state index is 0.00516. The molecule has 0 bridgehead atoms. The van der Waals surface area contributed by atoms with Crippen LogP contribution in [0.4, 0.5) is 0 Å². The zero-order valence-electron chi connectivity index (χ0n) is 16.1. The minimum Gasteiger partial charge on any atom is -0.507 e. The second-order valence-electron chi connectivity index (χ2n) is 5.84. The summed E-state index contributed by atoms with van der Waals surface area (Å²) < 4.78 is 26.9. The van der Waals surface area contributed by atoms with Gasteiger partial charge >= 0.3 is 0 Å². The van der Waals surface area contributed by atoms with Crippen LogP contribution < -0.4 is 24.4 Å². The van der Waals surface area contributed by atoms with E-state index < -0.39 is 11.2 Å². The molecule has 3 aromatic rings. The number of phenols is 2. The van der Waals surface area contributed by atoms with Crippen molar-refractivity contribution in [1.82, 2.24) is 0 Å². The van der Waals surface area contributed by atoms with Gasteiger partial charge in [-0.05, 0) is 18.2 Å². The third-order valence-electron chi connectivity index (χ3n) is 4.37. The number of phenolic OH excluding ortho intramolecular Hbond substituents is 2. The summed E-state index contributed by atoms with van der Waals surface area (Å²) in [5, 5.41) is 20.1. The Morgan fingerprint density at radius 1 is 0.897 bits per heavy atom. The third kappa shape index (κ3) is 2.96. The lowest BCUT2D eigenvalue weighted by atomic mass is 10.1. The van der Waals surface area contributed by atoms with E-state index in [9.17, 15) is 19.8 Å². The first-order chi connectivity index (χ1) is 13.9. The summed E-state index contributed by atoms with van der Waals surface area (Å²) in [6, 6.07) is 4.07. The molecule has 0 amide bonds. The number of aldehydes is 1. The maximum absolute atomic E-state index is 13.1. The van der Waals surface area contributed by atoms with E-state index in [0.29, 0.717) is 6.29 Å². The second kappa shape index (κ2) is 7.63. The maximum Gasteiger partial charge on any atom is 0.239 e. The molecule has 1 aromatic heterocycles. The Balaban J connectivity index is 2.51. The van der Waals surface area contributed by atoms with Crippen molar-refractivity contribution >= 4 is 17.3 Å². The van der Waals surface area contributed by atoms with Crippen molar-refractivity contribution in [3.05, 3.63) is 34.0 Å². The molecule has 0 aliphatic heterocycles. The van der Waals surface area contributed by atoms with Crippen molar-refractivity contribution in [2.24, 2.45) is 0 Å². The van der Waals surface area contributed by atoms with Gasteiger partial charge in [0.25, 0.3) is 0 Å². The van der Waals surface area contributed by atoms with Crippen molar-refractivity contribution in [1.29, 1.82) is 0 Å². The standard InChI is InChI=1S/C20H18O9/c1-25-17-13(23)12-14(24)18(26-2)20(28-4)19(27-3)16(12)29-15(17)9-5-6-11(22)10(7-9)8-21/h5-8,22,24H,1-4H3. The molecule has 29 heavy (non-hydrogen) atoms. The minimum atomic E-state index is -0.693. The molecule has 0 spiro atoms. The van der Waals surface area contributed by atoms with Crippen LogP contribution in [-0.4, -0.2) is 44.9 Å². The topological polar surface area (TPSA) is 125 Å². The van der Waals surface area contributed by atoms with E-state index >= 15 is 0 Å². The smallest absolute Gasteiger partial charge is 0.239 e. The Labute approximate surface area is 164 Å². The highest BCUT2D eigenvalue weighted by molar-refractivity contribution is 5.96. The molecule has 0 atom stereocenters. The molecule has 0 saturated heterocycles. The Kier molecular flexibility index (Phi) is 5.22. The van der Waals surface area contributed by atoms with Gasteiger partial charge in [-0.25, -0.2) is 0 Å². The van der Waals surface area contributed by atoms with Crippen LogP contribution in [0, 0.1) is 0 Å². The molecule has 152 valence electrons. The van der Waals surface area contributed by atoms with Gasteiger partial charge in [0.1, 0.15) is 11.1 Å². The highest BCUT2D eigenvalue weighted by Gasteiger charge is 2.29. The quantitative estimate of drug-likeness (QED) is 0.599. The van der Waals surface area contributed by atoms with Crippen LogP contribution in [-0.2, 0) is 0 Å². The van der Waals surface area contributed by atoms with E-state index in [4.69, 9.17) is 23.4 Å². The van der Waals surface area contributed by atoms with Crippen molar-refractivity contribution in [2.75, 3.05) is 28.4 Å². The average Bonchev–Trinajstić information content (AvgIpc) is 2.73. The zero-order valence-corrected chi connectivity index (χ0v) is 16.1. The molecule has 0 aliphatic rings. The number of ether oxygens (including phenoxy) is 4. The first-order valence-corrected chi connectivity index (χ1v) is 8.27. The van der Waals surface area contributed by atoms with E-state index in [-0.39, 0.29) is 56.6 Å². The summed E-state index contributed by atoms with van der Waals surface area (Å²) in [5.41, 5.74) is -0.517. The number of hydrogen-bond donors (Lipinski definition) is 2. The monoisotopic (exact) mass is 402 g/mol. The summed E-state index contributed by atoms with van der Waals surface area (Å²) >= 11 is 0. The molecule has 1 heterocycles. The zero-order chi connectivity index (χ0) is 21.3. The molecule has 3 rings (SSSR count). The van der Waals surface area contributed by atoms with Crippen LogP contribution in [0.3, 0.4) is 0 Å². The molecule has 9 nitrogen and oxygen atoms in total. The van der Waals surface area contributed by atoms with Crippen molar-refractivity contribution in [2.45, 2.75) is 0 Å². The Morgan fingerprint density at radius 3 is 2.07 bits per heavy atom. The van der Waals surface area contributed by atoms with E-state index in [0.717, 1.165) is 0 Å². The summed E-state index contributed by atoms with van der Waals surface area (Å²) in [4.78, 5) is 24.3. The summed E-state index contributed by atoms with van der Waals surface area (Å²) in [6.45, 7) is 0. The number of fused-ring (bicyclic) bond motifs is 1. The van der Waals surface area contributed by atoms with E-state index in [1.165, 1.54) is 46.6 Å². The second-order valence-corrected chi connectivity index (χ2v) is 5.84. The maximum atomic E-state index is 13.1. The number of carbonyl (C=O) groups excluding carboxylic acids is 1. The van der Waals surface area contributed by atoms with Gasteiger partial charge in [0.2, 0.25) is 28.4 Å². The molecular weight excluding hydrogens is 384 g/mol. The fourth-order valence-corrected chi connectivity index (χ4v) is 3.05. The summed E-state index contributed by atoms with van der Waals surface area (Å²) in [7, 11) is 5.23. The highest BCUT2D eigenvalue weighted by atomic mass is 16.5. The third-order valence-corrected chi connectivity index (χ3v) is 4.37. The van der Waals surface area contributed by atoms with Crippen molar-refractivity contribution in [3.63, 3.8) is 0 Å². The number of carbonyl (C=O) groups is 1. The predicted molar refractivity (Wildman–Crippen MR) is 103 cm³/mol. The van der Waals surface area contributed by atoms with Crippen LogP contribution >= 0.6 is 0 Å². The molecular formula is C20H18O9. The average molecular weight is 402 g/mol. The van der Waals surface area contributed by atoms with E-state index in [1.54, 1.807) is 0 Å². The molecule has 0 saturated carbocycles. The largest absolute Gasteiger partial charge is 0.507 e. The number of benzene rings is 2. The molecule has 2 aromatic carbocycles. The van der Waals surface area contributed by atoms with Gasteiger partial charge in [-0.2, -0.15) is 0 Å². The molecule has 0 aliphatic carbocycles.